The maximum absolute atomic E-state index is 12.4. The van der Waals surface area contributed by atoms with Gasteiger partial charge in [-0.3, -0.25) is 4.79 Å². The Morgan fingerprint density at radius 1 is 1.18 bits per heavy atom. The van der Waals surface area contributed by atoms with Crippen LogP contribution in [0, 0.1) is 11.8 Å². The Kier molecular flexibility index (Phi) is 4.49. The van der Waals surface area contributed by atoms with Crippen molar-refractivity contribution >= 4 is 15.7 Å². The summed E-state index contributed by atoms with van der Waals surface area (Å²) in [7, 11) is -3.14. The molecule has 0 aromatic heterocycles. The van der Waals surface area contributed by atoms with Gasteiger partial charge >= 0.3 is 0 Å². The standard InChI is InChI=1S/C15H25NO5S/c1-2-20-9-14(17)16-10-15(11-16)13(5-6-22(15,18)19)8-21-7-12-3-4-12/h12-13H,2-11H2,1H3. The zero-order chi connectivity index (χ0) is 15.8. The summed E-state index contributed by atoms with van der Waals surface area (Å²) in [6, 6.07) is 0. The molecule has 0 N–H and O–H groups in total. The minimum Gasteiger partial charge on any atom is -0.381 e. The molecule has 2 aliphatic heterocycles. The van der Waals surface area contributed by atoms with E-state index in [-0.39, 0.29) is 24.2 Å². The number of carbonyl (C=O) groups is 1. The molecule has 6 nitrogen and oxygen atoms in total. The van der Waals surface area contributed by atoms with Gasteiger partial charge in [0, 0.05) is 32.2 Å². The number of sulfone groups is 1. The molecular formula is C15H25NO5S. The van der Waals surface area contributed by atoms with Crippen molar-refractivity contribution in [2.75, 3.05) is 45.3 Å². The molecule has 1 aliphatic carbocycles. The first-order chi connectivity index (χ1) is 10.5. The lowest BCUT2D eigenvalue weighted by molar-refractivity contribution is -0.142. The Balaban J connectivity index is 1.57. The Morgan fingerprint density at radius 3 is 2.55 bits per heavy atom. The quantitative estimate of drug-likeness (QED) is 0.678. The molecule has 0 bridgehead atoms. The molecule has 22 heavy (non-hydrogen) atoms. The van der Waals surface area contributed by atoms with Crippen molar-refractivity contribution in [2.24, 2.45) is 11.8 Å². The van der Waals surface area contributed by atoms with E-state index in [9.17, 15) is 13.2 Å². The molecule has 0 aromatic carbocycles. The number of rotatable bonds is 7. The summed E-state index contributed by atoms with van der Waals surface area (Å²) < 4.78 is 35.0. The molecule has 3 aliphatic rings. The summed E-state index contributed by atoms with van der Waals surface area (Å²) in [6.45, 7) is 4.22. The lowest BCUT2D eigenvalue weighted by atomic mass is 9.83. The van der Waals surface area contributed by atoms with Crippen LogP contribution in [0.3, 0.4) is 0 Å². The SMILES string of the molecule is CCOCC(=O)N1CC2(C1)C(COCC1CC1)CCS2(=O)=O. The zero-order valence-electron chi connectivity index (χ0n) is 13.1. The summed E-state index contributed by atoms with van der Waals surface area (Å²) in [4.78, 5) is 13.5. The number of carbonyl (C=O) groups excluding carboxylic acids is 1. The number of amides is 1. The third kappa shape index (κ3) is 2.90. The van der Waals surface area contributed by atoms with E-state index in [1.54, 1.807) is 4.90 Å². The van der Waals surface area contributed by atoms with Gasteiger partial charge in [-0.15, -0.1) is 0 Å². The van der Waals surface area contributed by atoms with Crippen LogP contribution in [0.4, 0.5) is 0 Å². The first-order valence-corrected chi connectivity index (χ1v) is 9.79. The highest BCUT2D eigenvalue weighted by Crippen LogP contribution is 2.45. The molecule has 3 fully saturated rings. The number of ether oxygens (including phenoxy) is 2. The summed E-state index contributed by atoms with van der Waals surface area (Å²) >= 11 is 0. The number of hydrogen-bond donors (Lipinski definition) is 0. The highest BCUT2D eigenvalue weighted by Gasteiger charge is 2.62. The van der Waals surface area contributed by atoms with Crippen molar-refractivity contribution in [3.05, 3.63) is 0 Å². The van der Waals surface area contributed by atoms with Gasteiger partial charge in [-0.25, -0.2) is 8.42 Å². The van der Waals surface area contributed by atoms with E-state index in [1.807, 2.05) is 6.92 Å². The van der Waals surface area contributed by atoms with E-state index in [0.29, 0.717) is 38.6 Å². The molecule has 1 amide bonds. The van der Waals surface area contributed by atoms with Crippen LogP contribution in [-0.2, 0) is 24.1 Å². The Bertz CT molecular complexity index is 522. The fourth-order valence-corrected chi connectivity index (χ4v) is 5.83. The van der Waals surface area contributed by atoms with Gasteiger partial charge in [0.2, 0.25) is 5.91 Å². The predicted molar refractivity (Wildman–Crippen MR) is 81.2 cm³/mol. The molecule has 2 heterocycles. The van der Waals surface area contributed by atoms with Crippen LogP contribution in [0.2, 0.25) is 0 Å². The predicted octanol–water partition coefficient (Wildman–Crippen LogP) is 0.465. The first kappa shape index (κ1) is 16.2. The van der Waals surface area contributed by atoms with Crippen molar-refractivity contribution in [3.8, 4) is 0 Å². The van der Waals surface area contributed by atoms with Crippen molar-refractivity contribution in [3.63, 3.8) is 0 Å². The van der Waals surface area contributed by atoms with Crippen LogP contribution >= 0.6 is 0 Å². The van der Waals surface area contributed by atoms with Crippen molar-refractivity contribution in [1.29, 1.82) is 0 Å². The lowest BCUT2D eigenvalue weighted by Gasteiger charge is -2.49. The summed E-state index contributed by atoms with van der Waals surface area (Å²) in [6.07, 6.45) is 3.11. The fraction of sp³-hybridized carbons (Fsp3) is 0.933. The minimum absolute atomic E-state index is 0.0207. The van der Waals surface area contributed by atoms with Gasteiger partial charge in [-0.2, -0.15) is 0 Å². The van der Waals surface area contributed by atoms with Gasteiger partial charge in [0.05, 0.1) is 12.4 Å². The molecule has 1 saturated carbocycles. The molecule has 2 saturated heterocycles. The number of hydrogen-bond acceptors (Lipinski definition) is 5. The highest BCUT2D eigenvalue weighted by atomic mass is 32.2. The normalized spacial score (nSPS) is 28.8. The molecule has 1 atom stereocenters. The third-order valence-corrected chi connectivity index (χ3v) is 7.77. The topological polar surface area (TPSA) is 72.9 Å². The third-order valence-electron chi connectivity index (χ3n) is 5.17. The van der Waals surface area contributed by atoms with Gasteiger partial charge in [-0.05, 0) is 32.1 Å². The van der Waals surface area contributed by atoms with E-state index in [0.717, 1.165) is 6.61 Å². The minimum atomic E-state index is -3.14. The fourth-order valence-electron chi connectivity index (χ4n) is 3.43. The smallest absolute Gasteiger partial charge is 0.248 e. The Hall–Kier alpha value is -0.660. The summed E-state index contributed by atoms with van der Waals surface area (Å²) in [5.74, 6) is 0.803. The van der Waals surface area contributed by atoms with E-state index in [1.165, 1.54) is 12.8 Å². The van der Waals surface area contributed by atoms with Gasteiger partial charge in [0.1, 0.15) is 11.4 Å². The van der Waals surface area contributed by atoms with Gasteiger partial charge in [0.15, 0.2) is 9.84 Å². The largest absolute Gasteiger partial charge is 0.381 e. The van der Waals surface area contributed by atoms with Crippen LogP contribution in [0.25, 0.3) is 0 Å². The molecule has 7 heteroatoms. The summed E-state index contributed by atoms with van der Waals surface area (Å²) in [5, 5.41) is 0. The summed E-state index contributed by atoms with van der Waals surface area (Å²) in [5.41, 5.74) is 0. The van der Waals surface area contributed by atoms with Crippen molar-refractivity contribution in [1.82, 2.24) is 4.90 Å². The van der Waals surface area contributed by atoms with E-state index in [4.69, 9.17) is 9.47 Å². The lowest BCUT2D eigenvalue weighted by Crippen LogP contribution is -2.69. The average molecular weight is 331 g/mol. The first-order valence-electron chi connectivity index (χ1n) is 8.14. The van der Waals surface area contributed by atoms with E-state index < -0.39 is 14.6 Å². The van der Waals surface area contributed by atoms with Crippen LogP contribution in [0.1, 0.15) is 26.2 Å². The molecular weight excluding hydrogens is 306 g/mol. The second-order valence-corrected chi connectivity index (χ2v) is 9.19. The van der Waals surface area contributed by atoms with Crippen molar-refractivity contribution in [2.45, 2.75) is 30.9 Å². The average Bonchev–Trinajstić information content (AvgIpc) is 3.19. The molecule has 126 valence electrons. The monoisotopic (exact) mass is 331 g/mol. The molecule has 1 spiro atoms. The molecule has 1 unspecified atom stereocenters. The Morgan fingerprint density at radius 2 is 1.91 bits per heavy atom. The van der Waals surface area contributed by atoms with Crippen LogP contribution in [0.15, 0.2) is 0 Å². The van der Waals surface area contributed by atoms with Gasteiger partial charge in [0.25, 0.3) is 0 Å². The van der Waals surface area contributed by atoms with Gasteiger partial charge in [-0.1, -0.05) is 0 Å². The van der Waals surface area contributed by atoms with Gasteiger partial charge < -0.3 is 14.4 Å². The molecule has 0 aromatic rings. The van der Waals surface area contributed by atoms with Crippen molar-refractivity contribution < 1.29 is 22.7 Å². The van der Waals surface area contributed by atoms with Crippen LogP contribution in [-0.4, -0.2) is 69.2 Å². The number of likely N-dealkylation sites (tertiary alicyclic amines) is 1. The van der Waals surface area contributed by atoms with E-state index in [2.05, 4.69) is 0 Å². The van der Waals surface area contributed by atoms with Crippen LogP contribution in [0.5, 0.6) is 0 Å². The second kappa shape index (κ2) is 6.09. The maximum Gasteiger partial charge on any atom is 0.248 e. The maximum atomic E-state index is 12.4. The van der Waals surface area contributed by atoms with Crippen LogP contribution < -0.4 is 0 Å². The molecule has 3 rings (SSSR count). The van der Waals surface area contributed by atoms with E-state index >= 15 is 0 Å². The Labute approximate surface area is 132 Å². The highest BCUT2D eigenvalue weighted by molar-refractivity contribution is 7.93. The number of nitrogens with zero attached hydrogens (tertiary/aromatic N) is 1. The second-order valence-electron chi connectivity index (χ2n) is 6.74. The molecule has 0 radical (unpaired) electrons. The zero-order valence-corrected chi connectivity index (χ0v) is 13.9.